The highest BCUT2D eigenvalue weighted by molar-refractivity contribution is 6.00. The van der Waals surface area contributed by atoms with Crippen molar-refractivity contribution in [3.05, 3.63) is 66.5 Å². The number of imidazole rings is 1. The highest BCUT2D eigenvalue weighted by Gasteiger charge is 2.21. The molecular weight excluding hydrogens is 426 g/mol. The third kappa shape index (κ3) is 3.99. The number of alkyl halides is 2. The zero-order chi connectivity index (χ0) is 23.5. The first-order valence-corrected chi connectivity index (χ1v) is 9.99. The van der Waals surface area contributed by atoms with Gasteiger partial charge in [-0.2, -0.15) is 10.2 Å². The molecule has 0 aliphatic rings. The van der Waals surface area contributed by atoms with Gasteiger partial charge in [-0.1, -0.05) is 24.3 Å². The second-order valence-electron chi connectivity index (χ2n) is 7.12. The van der Waals surface area contributed by atoms with Gasteiger partial charge in [0, 0.05) is 37.7 Å². The first kappa shape index (κ1) is 21.9. The predicted octanol–water partition coefficient (Wildman–Crippen LogP) is 4.67. The number of halogens is 2. The van der Waals surface area contributed by atoms with Gasteiger partial charge >= 0.3 is 6.01 Å². The van der Waals surface area contributed by atoms with E-state index in [0.717, 1.165) is 16.7 Å². The van der Waals surface area contributed by atoms with E-state index in [-0.39, 0.29) is 5.84 Å². The van der Waals surface area contributed by atoms with Crippen LogP contribution in [-0.4, -0.2) is 47.8 Å². The molecule has 0 aliphatic carbocycles. The zero-order valence-corrected chi connectivity index (χ0v) is 18.2. The smallest absolute Gasteiger partial charge is 0.302 e. The molecule has 0 spiro atoms. The van der Waals surface area contributed by atoms with Crippen LogP contribution < -0.4 is 9.64 Å². The van der Waals surface area contributed by atoms with Gasteiger partial charge in [0.2, 0.25) is 0 Å². The van der Waals surface area contributed by atoms with Crippen LogP contribution in [0.5, 0.6) is 6.01 Å². The van der Waals surface area contributed by atoms with Crippen LogP contribution in [0.25, 0.3) is 28.0 Å². The summed E-state index contributed by atoms with van der Waals surface area (Å²) >= 11 is 0. The number of nitriles is 1. The number of rotatable bonds is 5. The molecule has 7 nitrogen and oxygen atoms in total. The Morgan fingerprint density at radius 2 is 1.79 bits per heavy atom. The summed E-state index contributed by atoms with van der Waals surface area (Å²) in [6.45, 7) is 0. The van der Waals surface area contributed by atoms with Crippen molar-refractivity contribution in [1.29, 1.82) is 5.26 Å². The molecular formula is C24H20F2N6O. The van der Waals surface area contributed by atoms with E-state index >= 15 is 0 Å². The van der Waals surface area contributed by atoms with Gasteiger partial charge in [0.15, 0.2) is 11.5 Å². The standard InChI is InChI=1S/C24H20F2N6O/c1-28-23(21(25)26)31(2)18-10-8-16(9-11-18)19-20(17-6-4-15(14-27)5-7-17)30-24(33-3)32-13-12-29-22(19)32/h4-13,21H,1-3H3. The average Bonchev–Trinajstić information content (AvgIpc) is 3.33. The van der Waals surface area contributed by atoms with Crippen LogP contribution in [0.1, 0.15) is 5.56 Å². The van der Waals surface area contributed by atoms with Crippen molar-refractivity contribution in [2.24, 2.45) is 4.99 Å². The van der Waals surface area contributed by atoms with Crippen LogP contribution >= 0.6 is 0 Å². The Balaban J connectivity index is 1.88. The number of benzene rings is 2. The van der Waals surface area contributed by atoms with Crippen molar-refractivity contribution in [1.82, 2.24) is 14.4 Å². The maximum Gasteiger partial charge on any atom is 0.302 e. The SMILES string of the molecule is CN=C(C(F)F)N(C)c1ccc(-c2c(-c3ccc(C#N)cc3)nc(OC)n3ccnc23)cc1. The molecule has 0 saturated carbocycles. The van der Waals surface area contributed by atoms with Crippen molar-refractivity contribution in [3.8, 4) is 34.5 Å². The maximum absolute atomic E-state index is 13.3. The fourth-order valence-corrected chi connectivity index (χ4v) is 3.65. The lowest BCUT2D eigenvalue weighted by Gasteiger charge is -2.21. The third-order valence-corrected chi connectivity index (χ3v) is 5.30. The molecule has 0 atom stereocenters. The molecule has 33 heavy (non-hydrogen) atoms. The van der Waals surface area contributed by atoms with Crippen molar-refractivity contribution in [2.75, 3.05) is 26.1 Å². The molecule has 0 saturated heterocycles. The molecule has 9 heteroatoms. The van der Waals surface area contributed by atoms with Crippen molar-refractivity contribution in [3.63, 3.8) is 0 Å². The van der Waals surface area contributed by atoms with Crippen molar-refractivity contribution < 1.29 is 13.5 Å². The van der Waals surface area contributed by atoms with E-state index in [0.29, 0.717) is 28.6 Å². The van der Waals surface area contributed by atoms with Gasteiger partial charge in [-0.25, -0.2) is 13.8 Å². The highest BCUT2D eigenvalue weighted by atomic mass is 19.3. The molecule has 166 valence electrons. The second-order valence-corrected chi connectivity index (χ2v) is 7.12. The summed E-state index contributed by atoms with van der Waals surface area (Å²) in [5.41, 5.74) is 4.69. The fraction of sp³-hybridized carbons (Fsp3) is 0.167. The number of ether oxygens (including phenoxy) is 1. The van der Waals surface area contributed by atoms with E-state index in [9.17, 15) is 8.78 Å². The topological polar surface area (TPSA) is 78.8 Å². The largest absolute Gasteiger partial charge is 0.468 e. The normalized spacial score (nSPS) is 11.6. The Morgan fingerprint density at radius 1 is 1.12 bits per heavy atom. The first-order valence-electron chi connectivity index (χ1n) is 9.99. The summed E-state index contributed by atoms with van der Waals surface area (Å²) in [7, 11) is 4.42. The molecule has 4 rings (SSSR count). The minimum atomic E-state index is -2.68. The lowest BCUT2D eigenvalue weighted by molar-refractivity contribution is 0.223. The second kappa shape index (κ2) is 9.04. The van der Waals surface area contributed by atoms with Crippen molar-refractivity contribution >= 4 is 17.2 Å². The van der Waals surface area contributed by atoms with Gasteiger partial charge in [-0.15, -0.1) is 0 Å². The number of amidine groups is 1. The average molecular weight is 446 g/mol. The Morgan fingerprint density at radius 3 is 2.36 bits per heavy atom. The molecule has 0 amide bonds. The molecule has 2 aromatic heterocycles. The Bertz CT molecular complexity index is 1350. The zero-order valence-electron chi connectivity index (χ0n) is 18.2. The summed E-state index contributed by atoms with van der Waals surface area (Å²) in [6.07, 6.45) is 0.723. The Labute approximate surface area is 189 Å². The third-order valence-electron chi connectivity index (χ3n) is 5.30. The Hall–Kier alpha value is -4.32. The highest BCUT2D eigenvalue weighted by Crippen LogP contribution is 2.36. The minimum Gasteiger partial charge on any atom is -0.468 e. The predicted molar refractivity (Wildman–Crippen MR) is 123 cm³/mol. The van der Waals surface area contributed by atoms with Crippen LogP contribution in [-0.2, 0) is 0 Å². The number of aromatic nitrogens is 3. The molecule has 2 aromatic carbocycles. The first-order chi connectivity index (χ1) is 16.0. The molecule has 0 N–H and O–H groups in total. The van der Waals surface area contributed by atoms with E-state index in [1.165, 1.54) is 19.1 Å². The lowest BCUT2D eigenvalue weighted by Crippen LogP contribution is -2.32. The van der Waals surface area contributed by atoms with Gasteiger partial charge in [-0.05, 0) is 29.8 Å². The number of fused-ring (bicyclic) bond motifs is 1. The number of methoxy groups -OCH3 is 1. The summed E-state index contributed by atoms with van der Waals surface area (Å²) in [6, 6.07) is 16.7. The van der Waals surface area contributed by atoms with Gasteiger partial charge in [0.1, 0.15) is 0 Å². The molecule has 0 bridgehead atoms. The number of hydrogen-bond donors (Lipinski definition) is 0. The minimum absolute atomic E-state index is 0.317. The summed E-state index contributed by atoms with van der Waals surface area (Å²) < 4.78 is 33.7. The summed E-state index contributed by atoms with van der Waals surface area (Å²) in [5.74, 6) is -0.317. The molecule has 0 unspecified atom stereocenters. The van der Waals surface area contributed by atoms with Gasteiger partial charge in [-0.3, -0.25) is 9.39 Å². The van der Waals surface area contributed by atoms with E-state index in [1.807, 2.05) is 24.3 Å². The van der Waals surface area contributed by atoms with Gasteiger partial charge < -0.3 is 9.64 Å². The number of anilines is 1. The summed E-state index contributed by atoms with van der Waals surface area (Å²) in [5, 5.41) is 9.13. The molecule has 2 heterocycles. The van der Waals surface area contributed by atoms with Crippen molar-refractivity contribution in [2.45, 2.75) is 6.43 Å². The Kier molecular flexibility index (Phi) is 6.00. The maximum atomic E-state index is 13.3. The number of aliphatic imine (C=N–C) groups is 1. The number of hydrogen-bond acceptors (Lipinski definition) is 5. The van der Waals surface area contributed by atoms with Gasteiger partial charge in [0.25, 0.3) is 6.43 Å². The van der Waals surface area contributed by atoms with Gasteiger partial charge in [0.05, 0.1) is 30.0 Å². The molecule has 0 radical (unpaired) electrons. The molecule has 4 aromatic rings. The molecule has 0 aliphatic heterocycles. The monoisotopic (exact) mass is 446 g/mol. The van der Waals surface area contributed by atoms with E-state index < -0.39 is 6.43 Å². The fourth-order valence-electron chi connectivity index (χ4n) is 3.65. The van der Waals surface area contributed by atoms with Crippen LogP contribution in [0.3, 0.4) is 0 Å². The summed E-state index contributed by atoms with van der Waals surface area (Å²) in [4.78, 5) is 14.3. The van der Waals surface area contributed by atoms with Crippen LogP contribution in [0.4, 0.5) is 14.5 Å². The van der Waals surface area contributed by atoms with E-state index in [2.05, 4.69) is 16.0 Å². The molecule has 0 fully saturated rings. The van der Waals surface area contributed by atoms with Crippen LogP contribution in [0, 0.1) is 11.3 Å². The van der Waals surface area contributed by atoms with E-state index in [4.69, 9.17) is 15.0 Å². The van der Waals surface area contributed by atoms with Crippen LogP contribution in [0.15, 0.2) is 65.9 Å². The number of nitrogens with zero attached hydrogens (tertiary/aromatic N) is 6. The van der Waals surface area contributed by atoms with Crippen LogP contribution in [0.2, 0.25) is 0 Å². The quantitative estimate of drug-likeness (QED) is 0.329. The van der Waals surface area contributed by atoms with E-state index in [1.54, 1.807) is 48.1 Å². The lowest BCUT2D eigenvalue weighted by atomic mass is 9.99.